The summed E-state index contributed by atoms with van der Waals surface area (Å²) in [5.41, 5.74) is 2.56. The molecule has 4 nitrogen and oxygen atoms in total. The van der Waals surface area contributed by atoms with Crippen molar-refractivity contribution in [2.24, 2.45) is 0 Å². The number of aryl methyl sites for hydroxylation is 1. The van der Waals surface area contributed by atoms with Crippen LogP contribution in [-0.2, 0) is 9.59 Å². The zero-order valence-corrected chi connectivity index (χ0v) is 17.0. The van der Waals surface area contributed by atoms with Crippen molar-refractivity contribution < 1.29 is 14.7 Å². The van der Waals surface area contributed by atoms with Crippen LogP contribution in [-0.4, -0.2) is 28.2 Å². The standard InChI is InChI=1S/C22H22BrNO3/c1-3-4-13-24-19(15-9-11-17(23)12-10-15)18(21(26)22(24)27)20(25)16-7-5-14(2)6-8-16/h5-12,19,25H,3-4,13H2,1-2H3. The molecule has 0 bridgehead atoms. The minimum atomic E-state index is -0.628. The number of hydrogen-bond acceptors (Lipinski definition) is 3. The molecule has 1 unspecified atom stereocenters. The van der Waals surface area contributed by atoms with Gasteiger partial charge >= 0.3 is 0 Å². The summed E-state index contributed by atoms with van der Waals surface area (Å²) in [4.78, 5) is 27.1. The number of carbonyl (C=O) groups excluding carboxylic acids is 2. The van der Waals surface area contributed by atoms with E-state index in [1.54, 1.807) is 17.0 Å². The van der Waals surface area contributed by atoms with E-state index in [9.17, 15) is 14.7 Å². The number of Topliss-reactive ketones (excluding diaryl/α,β-unsaturated/α-hetero) is 1. The van der Waals surface area contributed by atoms with E-state index in [0.29, 0.717) is 12.1 Å². The molecule has 27 heavy (non-hydrogen) atoms. The Morgan fingerprint density at radius 2 is 1.70 bits per heavy atom. The summed E-state index contributed by atoms with van der Waals surface area (Å²) >= 11 is 3.41. The van der Waals surface area contributed by atoms with Crippen molar-refractivity contribution >= 4 is 33.4 Å². The molecule has 1 saturated heterocycles. The van der Waals surface area contributed by atoms with E-state index in [1.165, 1.54) is 0 Å². The molecule has 140 valence electrons. The topological polar surface area (TPSA) is 57.6 Å². The molecule has 1 atom stereocenters. The number of nitrogens with zero attached hydrogens (tertiary/aromatic N) is 1. The van der Waals surface area contributed by atoms with Gasteiger partial charge in [-0.3, -0.25) is 9.59 Å². The van der Waals surface area contributed by atoms with Crippen LogP contribution < -0.4 is 0 Å². The van der Waals surface area contributed by atoms with Gasteiger partial charge in [-0.1, -0.05) is 71.2 Å². The number of hydrogen-bond donors (Lipinski definition) is 1. The zero-order valence-electron chi connectivity index (χ0n) is 15.4. The van der Waals surface area contributed by atoms with Gasteiger partial charge in [0.25, 0.3) is 11.7 Å². The number of likely N-dealkylation sites (tertiary alicyclic amines) is 1. The van der Waals surface area contributed by atoms with Crippen LogP contribution in [0.3, 0.4) is 0 Å². The van der Waals surface area contributed by atoms with Crippen LogP contribution in [0.15, 0.2) is 58.6 Å². The molecule has 1 aliphatic rings. The molecule has 0 radical (unpaired) electrons. The van der Waals surface area contributed by atoms with E-state index >= 15 is 0 Å². The lowest BCUT2D eigenvalue weighted by Crippen LogP contribution is -2.30. The van der Waals surface area contributed by atoms with Crippen LogP contribution in [0.4, 0.5) is 0 Å². The van der Waals surface area contributed by atoms with Gasteiger partial charge in [-0.05, 0) is 31.0 Å². The third-order valence-electron chi connectivity index (χ3n) is 4.80. The maximum atomic E-state index is 12.8. The Morgan fingerprint density at radius 1 is 1.07 bits per heavy atom. The maximum absolute atomic E-state index is 12.8. The zero-order chi connectivity index (χ0) is 19.6. The molecular formula is C22H22BrNO3. The average molecular weight is 428 g/mol. The van der Waals surface area contributed by atoms with Gasteiger partial charge in [0, 0.05) is 16.6 Å². The third kappa shape index (κ3) is 3.83. The summed E-state index contributed by atoms with van der Waals surface area (Å²) in [5, 5.41) is 10.9. The van der Waals surface area contributed by atoms with E-state index in [2.05, 4.69) is 15.9 Å². The predicted octanol–water partition coefficient (Wildman–Crippen LogP) is 4.98. The predicted molar refractivity (Wildman–Crippen MR) is 109 cm³/mol. The molecule has 2 aromatic carbocycles. The quantitative estimate of drug-likeness (QED) is 0.415. The van der Waals surface area contributed by atoms with Gasteiger partial charge in [-0.2, -0.15) is 0 Å². The fourth-order valence-corrected chi connectivity index (χ4v) is 3.56. The van der Waals surface area contributed by atoms with E-state index in [-0.39, 0.29) is 11.3 Å². The molecule has 1 fully saturated rings. The number of halogens is 1. The number of ketones is 1. The highest BCUT2D eigenvalue weighted by Crippen LogP contribution is 2.39. The Morgan fingerprint density at radius 3 is 2.30 bits per heavy atom. The van der Waals surface area contributed by atoms with Crippen LogP contribution in [0.1, 0.15) is 42.5 Å². The molecule has 0 aliphatic carbocycles. The Hall–Kier alpha value is -2.40. The van der Waals surface area contributed by atoms with E-state index in [1.807, 2.05) is 50.2 Å². The lowest BCUT2D eigenvalue weighted by atomic mass is 9.95. The van der Waals surface area contributed by atoms with Crippen LogP contribution >= 0.6 is 15.9 Å². The van der Waals surface area contributed by atoms with Crippen molar-refractivity contribution in [3.63, 3.8) is 0 Å². The van der Waals surface area contributed by atoms with E-state index < -0.39 is 17.7 Å². The summed E-state index contributed by atoms with van der Waals surface area (Å²) < 4.78 is 0.912. The smallest absolute Gasteiger partial charge is 0.295 e. The monoisotopic (exact) mass is 427 g/mol. The summed E-state index contributed by atoms with van der Waals surface area (Å²) in [6.07, 6.45) is 1.71. The average Bonchev–Trinajstić information content (AvgIpc) is 2.91. The van der Waals surface area contributed by atoms with Crippen molar-refractivity contribution in [2.75, 3.05) is 6.54 Å². The van der Waals surface area contributed by atoms with Gasteiger partial charge in [0.15, 0.2) is 0 Å². The molecule has 1 aliphatic heterocycles. The number of rotatable bonds is 5. The first kappa shape index (κ1) is 19.4. The fourth-order valence-electron chi connectivity index (χ4n) is 3.30. The normalized spacial score (nSPS) is 18.9. The molecule has 3 rings (SSSR count). The van der Waals surface area contributed by atoms with Crippen LogP contribution in [0.25, 0.3) is 5.76 Å². The van der Waals surface area contributed by atoms with Gasteiger partial charge in [-0.25, -0.2) is 0 Å². The van der Waals surface area contributed by atoms with Crippen molar-refractivity contribution in [3.8, 4) is 0 Å². The lowest BCUT2D eigenvalue weighted by Gasteiger charge is -2.25. The Labute approximate surface area is 167 Å². The summed E-state index contributed by atoms with van der Waals surface area (Å²) in [5.74, 6) is -1.30. The minimum Gasteiger partial charge on any atom is -0.507 e. The van der Waals surface area contributed by atoms with Gasteiger partial charge in [0.2, 0.25) is 0 Å². The number of aliphatic hydroxyl groups is 1. The highest BCUT2D eigenvalue weighted by Gasteiger charge is 2.45. The molecule has 1 amide bonds. The first-order chi connectivity index (χ1) is 12.9. The summed E-state index contributed by atoms with van der Waals surface area (Å²) in [7, 11) is 0. The Bertz CT molecular complexity index is 885. The lowest BCUT2D eigenvalue weighted by molar-refractivity contribution is -0.139. The number of amides is 1. The minimum absolute atomic E-state index is 0.125. The van der Waals surface area contributed by atoms with Crippen molar-refractivity contribution in [1.29, 1.82) is 0 Å². The number of unbranched alkanes of at least 4 members (excludes halogenated alkanes) is 1. The van der Waals surface area contributed by atoms with Crippen LogP contribution in [0.5, 0.6) is 0 Å². The molecule has 0 saturated carbocycles. The number of benzene rings is 2. The molecule has 2 aromatic rings. The van der Waals surface area contributed by atoms with E-state index in [4.69, 9.17) is 0 Å². The molecular weight excluding hydrogens is 406 g/mol. The Balaban J connectivity index is 2.14. The molecule has 0 spiro atoms. The highest BCUT2D eigenvalue weighted by atomic mass is 79.9. The molecule has 0 aromatic heterocycles. The first-order valence-electron chi connectivity index (χ1n) is 9.05. The fraction of sp³-hybridized carbons (Fsp3) is 0.273. The molecule has 1 heterocycles. The highest BCUT2D eigenvalue weighted by molar-refractivity contribution is 9.10. The SMILES string of the molecule is CCCCN1C(=O)C(=O)C(=C(O)c2ccc(C)cc2)C1c1ccc(Br)cc1. The van der Waals surface area contributed by atoms with Crippen molar-refractivity contribution in [2.45, 2.75) is 32.7 Å². The molecule has 5 heteroatoms. The van der Waals surface area contributed by atoms with Gasteiger partial charge in [0.1, 0.15) is 5.76 Å². The Kier molecular flexibility index (Phi) is 5.80. The van der Waals surface area contributed by atoms with Crippen molar-refractivity contribution in [1.82, 2.24) is 4.90 Å². The number of aliphatic hydroxyl groups excluding tert-OH is 1. The maximum Gasteiger partial charge on any atom is 0.295 e. The van der Waals surface area contributed by atoms with E-state index in [0.717, 1.165) is 28.4 Å². The summed E-state index contributed by atoms with van der Waals surface area (Å²) in [6, 6.07) is 14.2. The summed E-state index contributed by atoms with van der Waals surface area (Å²) in [6.45, 7) is 4.47. The second-order valence-electron chi connectivity index (χ2n) is 6.76. The van der Waals surface area contributed by atoms with Gasteiger partial charge in [-0.15, -0.1) is 0 Å². The number of carbonyl (C=O) groups is 2. The second-order valence-corrected chi connectivity index (χ2v) is 7.68. The molecule has 1 N–H and O–H groups in total. The van der Waals surface area contributed by atoms with Crippen molar-refractivity contribution in [3.05, 3.63) is 75.3 Å². The second kappa shape index (κ2) is 8.09. The largest absolute Gasteiger partial charge is 0.507 e. The van der Waals surface area contributed by atoms with Crippen LogP contribution in [0, 0.1) is 6.92 Å². The third-order valence-corrected chi connectivity index (χ3v) is 5.33. The first-order valence-corrected chi connectivity index (χ1v) is 9.84. The van der Waals surface area contributed by atoms with Gasteiger partial charge < -0.3 is 10.0 Å². The van der Waals surface area contributed by atoms with Gasteiger partial charge in [0.05, 0.1) is 11.6 Å². The van der Waals surface area contributed by atoms with Crippen LogP contribution in [0.2, 0.25) is 0 Å².